The van der Waals surface area contributed by atoms with E-state index in [9.17, 15) is 9.59 Å². The molecule has 8 nitrogen and oxygen atoms in total. The molecule has 9 heteroatoms. The topological polar surface area (TPSA) is 77.2 Å². The second kappa shape index (κ2) is 14.2. The quantitative estimate of drug-likeness (QED) is 0.315. The fourth-order valence-corrected chi connectivity index (χ4v) is 5.35. The van der Waals surface area contributed by atoms with Gasteiger partial charge in [-0.25, -0.2) is 0 Å². The van der Waals surface area contributed by atoms with E-state index in [0.717, 1.165) is 67.4 Å². The van der Waals surface area contributed by atoms with Crippen LogP contribution in [0.2, 0.25) is 0 Å². The summed E-state index contributed by atoms with van der Waals surface area (Å²) in [6.45, 7) is 10.5. The van der Waals surface area contributed by atoms with Crippen LogP contribution in [0.5, 0.6) is 5.75 Å². The molecule has 40 heavy (non-hydrogen) atoms. The molecule has 0 aromatic heterocycles. The predicted molar refractivity (Wildman–Crippen MR) is 166 cm³/mol. The number of hydrogen-bond acceptors (Lipinski definition) is 6. The number of likely N-dealkylation sites (N-methyl/N-ethyl adjacent to an activating group) is 1. The van der Waals surface area contributed by atoms with Crippen molar-refractivity contribution in [3.05, 3.63) is 82.3 Å². The van der Waals surface area contributed by atoms with Crippen LogP contribution in [-0.2, 0) is 0 Å². The average Bonchev–Trinajstić information content (AvgIpc) is 2.99. The molecule has 0 bridgehead atoms. The number of para-hydroxylation sites is 2. The first-order valence-electron chi connectivity index (χ1n) is 13.8. The van der Waals surface area contributed by atoms with Gasteiger partial charge in [-0.1, -0.05) is 48.0 Å². The summed E-state index contributed by atoms with van der Waals surface area (Å²) in [7, 11) is 1.69. The Balaban J connectivity index is 1.53. The molecule has 1 fully saturated rings. The molecule has 212 valence electrons. The van der Waals surface area contributed by atoms with Crippen molar-refractivity contribution in [1.82, 2.24) is 10.2 Å². The number of benzene rings is 3. The molecular formula is C31H38BrN5O3. The highest BCUT2D eigenvalue weighted by Gasteiger charge is 2.24. The minimum atomic E-state index is -0.229. The fraction of sp³-hybridized carbons (Fsp3) is 0.355. The molecule has 3 aromatic carbocycles. The van der Waals surface area contributed by atoms with Gasteiger partial charge in [0.1, 0.15) is 5.75 Å². The monoisotopic (exact) mass is 607 g/mol. The maximum absolute atomic E-state index is 13.5. The summed E-state index contributed by atoms with van der Waals surface area (Å²) < 4.78 is 6.40. The molecule has 3 aromatic rings. The van der Waals surface area contributed by atoms with E-state index in [1.54, 1.807) is 25.3 Å². The lowest BCUT2D eigenvalue weighted by Crippen LogP contribution is -2.47. The number of carbonyl (C=O) groups is 2. The van der Waals surface area contributed by atoms with Gasteiger partial charge >= 0.3 is 0 Å². The first kappa shape index (κ1) is 29.4. The molecule has 0 aliphatic carbocycles. The summed E-state index contributed by atoms with van der Waals surface area (Å²) in [5, 5.41) is 6.05. The van der Waals surface area contributed by atoms with Gasteiger partial charge in [0.2, 0.25) is 0 Å². The van der Waals surface area contributed by atoms with Gasteiger partial charge < -0.3 is 30.1 Å². The molecule has 2 amide bonds. The van der Waals surface area contributed by atoms with Gasteiger partial charge in [0, 0.05) is 60.7 Å². The number of anilines is 3. The summed E-state index contributed by atoms with van der Waals surface area (Å²) >= 11 is 3.42. The van der Waals surface area contributed by atoms with Gasteiger partial charge in [-0.3, -0.25) is 9.59 Å². The van der Waals surface area contributed by atoms with Crippen molar-refractivity contribution in [2.75, 3.05) is 74.6 Å². The number of ether oxygens (including phenoxy) is 1. The zero-order valence-corrected chi connectivity index (χ0v) is 25.0. The lowest BCUT2D eigenvalue weighted by molar-refractivity contribution is 0.0948. The van der Waals surface area contributed by atoms with Crippen LogP contribution in [0.4, 0.5) is 17.1 Å². The van der Waals surface area contributed by atoms with Gasteiger partial charge in [-0.15, -0.1) is 0 Å². The molecule has 2 N–H and O–H groups in total. The number of carbonyl (C=O) groups excluding carboxylic acids is 2. The van der Waals surface area contributed by atoms with Crippen molar-refractivity contribution >= 4 is 44.8 Å². The number of methoxy groups -OCH3 is 1. The lowest BCUT2D eigenvalue weighted by Gasteiger charge is -2.38. The highest BCUT2D eigenvalue weighted by molar-refractivity contribution is 9.10. The van der Waals surface area contributed by atoms with Crippen molar-refractivity contribution in [3.8, 4) is 5.75 Å². The molecule has 1 aliphatic rings. The van der Waals surface area contributed by atoms with Crippen LogP contribution < -0.4 is 25.2 Å². The zero-order chi connectivity index (χ0) is 28.5. The lowest BCUT2D eigenvalue weighted by atomic mass is 10.1. The summed E-state index contributed by atoms with van der Waals surface area (Å²) in [5.41, 5.74) is 3.61. The molecule has 0 atom stereocenters. The SMILES string of the molecule is CCN(CC)CCNC(=O)c1cc(NC(=O)c2cccc(Br)c2)ccc1N1CCN(c2ccccc2OC)CC1. The average molecular weight is 609 g/mol. The molecule has 0 spiro atoms. The molecule has 4 rings (SSSR count). The number of halogens is 1. The normalized spacial score (nSPS) is 13.3. The number of amides is 2. The van der Waals surface area contributed by atoms with E-state index in [0.29, 0.717) is 23.4 Å². The van der Waals surface area contributed by atoms with Crippen molar-refractivity contribution in [2.45, 2.75) is 13.8 Å². The van der Waals surface area contributed by atoms with Gasteiger partial charge in [0.25, 0.3) is 11.8 Å². The Bertz CT molecular complexity index is 1310. The zero-order valence-electron chi connectivity index (χ0n) is 23.5. The molecule has 1 heterocycles. The Hall–Kier alpha value is -3.56. The van der Waals surface area contributed by atoms with Crippen LogP contribution in [-0.4, -0.2) is 76.2 Å². The Morgan fingerprint density at radius 3 is 2.25 bits per heavy atom. The molecule has 0 saturated carbocycles. The van der Waals surface area contributed by atoms with Gasteiger partial charge in [0.15, 0.2) is 0 Å². The van der Waals surface area contributed by atoms with E-state index in [-0.39, 0.29) is 11.8 Å². The van der Waals surface area contributed by atoms with Crippen molar-refractivity contribution in [1.29, 1.82) is 0 Å². The van der Waals surface area contributed by atoms with E-state index < -0.39 is 0 Å². The van der Waals surface area contributed by atoms with Gasteiger partial charge in [-0.2, -0.15) is 0 Å². The van der Waals surface area contributed by atoms with Crippen LogP contribution in [0, 0.1) is 0 Å². The third-order valence-electron chi connectivity index (χ3n) is 7.24. The number of nitrogens with one attached hydrogen (secondary N) is 2. The fourth-order valence-electron chi connectivity index (χ4n) is 4.95. The first-order valence-corrected chi connectivity index (χ1v) is 14.6. The maximum Gasteiger partial charge on any atom is 0.255 e. The first-order chi connectivity index (χ1) is 19.4. The number of piperazine rings is 1. The Morgan fingerprint density at radius 2 is 1.57 bits per heavy atom. The number of nitrogens with zero attached hydrogens (tertiary/aromatic N) is 3. The van der Waals surface area contributed by atoms with Gasteiger partial charge in [-0.05, 0) is 61.6 Å². The largest absolute Gasteiger partial charge is 0.495 e. The maximum atomic E-state index is 13.5. The molecular weight excluding hydrogens is 570 g/mol. The summed E-state index contributed by atoms with van der Waals surface area (Å²) in [6, 6.07) is 20.9. The van der Waals surface area contributed by atoms with Crippen LogP contribution in [0.25, 0.3) is 0 Å². The summed E-state index contributed by atoms with van der Waals surface area (Å²) in [6.07, 6.45) is 0. The Morgan fingerprint density at radius 1 is 0.875 bits per heavy atom. The van der Waals surface area contributed by atoms with E-state index in [4.69, 9.17) is 4.74 Å². The van der Waals surface area contributed by atoms with Crippen LogP contribution in [0.3, 0.4) is 0 Å². The second-order valence-corrected chi connectivity index (χ2v) is 10.5. The minimum Gasteiger partial charge on any atom is -0.495 e. The Labute approximate surface area is 245 Å². The van der Waals surface area contributed by atoms with Crippen LogP contribution in [0.15, 0.2) is 71.2 Å². The highest BCUT2D eigenvalue weighted by Crippen LogP contribution is 2.31. The van der Waals surface area contributed by atoms with Crippen molar-refractivity contribution < 1.29 is 14.3 Å². The Kier molecular flexibility index (Phi) is 10.4. The summed E-state index contributed by atoms with van der Waals surface area (Å²) in [4.78, 5) is 33.2. The molecule has 0 radical (unpaired) electrons. The van der Waals surface area contributed by atoms with Crippen LogP contribution in [0.1, 0.15) is 34.6 Å². The molecule has 0 unspecified atom stereocenters. The molecule has 1 saturated heterocycles. The van der Waals surface area contributed by atoms with E-state index in [1.807, 2.05) is 42.5 Å². The van der Waals surface area contributed by atoms with Crippen molar-refractivity contribution in [2.24, 2.45) is 0 Å². The number of rotatable bonds is 11. The number of hydrogen-bond donors (Lipinski definition) is 2. The van der Waals surface area contributed by atoms with E-state index in [2.05, 4.69) is 61.2 Å². The minimum absolute atomic E-state index is 0.145. The smallest absolute Gasteiger partial charge is 0.255 e. The third kappa shape index (κ3) is 7.34. The van der Waals surface area contributed by atoms with Crippen molar-refractivity contribution in [3.63, 3.8) is 0 Å². The van der Waals surface area contributed by atoms with Crippen LogP contribution >= 0.6 is 15.9 Å². The summed E-state index contributed by atoms with van der Waals surface area (Å²) in [5.74, 6) is 0.481. The highest BCUT2D eigenvalue weighted by atomic mass is 79.9. The van der Waals surface area contributed by atoms with E-state index in [1.165, 1.54) is 0 Å². The second-order valence-electron chi connectivity index (χ2n) is 9.63. The third-order valence-corrected chi connectivity index (χ3v) is 7.73. The standard InChI is InChI=1S/C31H38BrN5O3/c1-4-35(5-2)16-15-33-31(39)26-22-25(34-30(38)23-9-8-10-24(32)21-23)13-14-27(26)36-17-19-37(20-18-36)28-11-6-7-12-29(28)40-3/h6-14,21-22H,4-5,15-20H2,1-3H3,(H,33,39)(H,34,38). The predicted octanol–water partition coefficient (Wildman–Crippen LogP) is 5.11. The van der Waals surface area contributed by atoms with E-state index >= 15 is 0 Å². The molecule has 1 aliphatic heterocycles. The van der Waals surface area contributed by atoms with Gasteiger partial charge in [0.05, 0.1) is 18.4 Å².